The van der Waals surface area contributed by atoms with Crippen molar-refractivity contribution >= 4 is 5.91 Å². The number of rotatable bonds is 4. The summed E-state index contributed by atoms with van der Waals surface area (Å²) in [7, 11) is 0. The second kappa shape index (κ2) is 6.43. The summed E-state index contributed by atoms with van der Waals surface area (Å²) in [6.45, 7) is 1.78. The van der Waals surface area contributed by atoms with E-state index in [-0.39, 0.29) is 18.5 Å². The quantitative estimate of drug-likeness (QED) is 0.920. The van der Waals surface area contributed by atoms with Crippen LogP contribution in [-0.2, 0) is 6.42 Å². The van der Waals surface area contributed by atoms with Crippen LogP contribution in [0.2, 0.25) is 0 Å². The molecule has 0 unspecified atom stereocenters. The molecule has 0 fully saturated rings. The number of halogens is 3. The van der Waals surface area contributed by atoms with Crippen LogP contribution >= 0.6 is 0 Å². The van der Waals surface area contributed by atoms with Crippen LogP contribution in [0, 0.1) is 24.4 Å². The molecule has 0 heterocycles. The number of carbonyl (C=O) groups is 1. The third-order valence-corrected chi connectivity index (χ3v) is 3.13. The van der Waals surface area contributed by atoms with Crippen LogP contribution in [0.25, 0.3) is 0 Å². The molecule has 0 saturated heterocycles. The zero-order chi connectivity index (χ0) is 15.4. The second-order valence-electron chi connectivity index (χ2n) is 4.71. The van der Waals surface area contributed by atoms with Crippen molar-refractivity contribution in [1.29, 1.82) is 0 Å². The minimum atomic E-state index is -0.648. The summed E-state index contributed by atoms with van der Waals surface area (Å²) < 4.78 is 39.5. The first-order valence-electron chi connectivity index (χ1n) is 6.45. The maximum absolute atomic E-state index is 13.4. The van der Waals surface area contributed by atoms with Gasteiger partial charge >= 0.3 is 0 Å². The second-order valence-corrected chi connectivity index (χ2v) is 4.71. The summed E-state index contributed by atoms with van der Waals surface area (Å²) >= 11 is 0. The largest absolute Gasteiger partial charge is 0.352 e. The Labute approximate surface area is 120 Å². The summed E-state index contributed by atoms with van der Waals surface area (Å²) in [5.74, 6) is -2.18. The smallest absolute Gasteiger partial charge is 0.251 e. The fourth-order valence-corrected chi connectivity index (χ4v) is 1.87. The fourth-order valence-electron chi connectivity index (χ4n) is 1.87. The maximum Gasteiger partial charge on any atom is 0.251 e. The molecule has 110 valence electrons. The monoisotopic (exact) mass is 293 g/mol. The van der Waals surface area contributed by atoms with E-state index in [4.69, 9.17) is 0 Å². The Morgan fingerprint density at radius 1 is 1.05 bits per heavy atom. The van der Waals surface area contributed by atoms with E-state index in [9.17, 15) is 18.0 Å². The van der Waals surface area contributed by atoms with Crippen LogP contribution in [0.1, 0.15) is 21.5 Å². The predicted octanol–water partition coefficient (Wildman–Crippen LogP) is 3.38. The average Bonchev–Trinajstić information content (AvgIpc) is 2.44. The third-order valence-electron chi connectivity index (χ3n) is 3.13. The Morgan fingerprint density at radius 3 is 2.48 bits per heavy atom. The molecule has 2 aromatic rings. The summed E-state index contributed by atoms with van der Waals surface area (Å²) in [4.78, 5) is 11.8. The molecule has 21 heavy (non-hydrogen) atoms. The predicted molar refractivity (Wildman–Crippen MR) is 73.5 cm³/mol. The molecule has 2 rings (SSSR count). The molecule has 2 nitrogen and oxygen atoms in total. The van der Waals surface area contributed by atoms with Crippen molar-refractivity contribution in [3.8, 4) is 0 Å². The molecule has 0 aliphatic rings. The molecule has 0 spiro atoms. The zero-order valence-corrected chi connectivity index (χ0v) is 11.4. The molecule has 0 atom stereocenters. The first kappa shape index (κ1) is 15.1. The Bertz CT molecular complexity index is 671. The Kier molecular flexibility index (Phi) is 4.62. The molecule has 1 N–H and O–H groups in total. The van der Waals surface area contributed by atoms with Crippen LogP contribution in [0.15, 0.2) is 36.4 Å². The number of aryl methyl sites for hydroxylation is 1. The van der Waals surface area contributed by atoms with Gasteiger partial charge in [0.1, 0.15) is 17.5 Å². The van der Waals surface area contributed by atoms with Gasteiger partial charge in [-0.15, -0.1) is 0 Å². The van der Waals surface area contributed by atoms with E-state index in [2.05, 4.69) is 5.32 Å². The van der Waals surface area contributed by atoms with Gasteiger partial charge < -0.3 is 5.32 Å². The first-order valence-corrected chi connectivity index (χ1v) is 6.45. The lowest BCUT2D eigenvalue weighted by atomic mass is 10.1. The zero-order valence-electron chi connectivity index (χ0n) is 11.4. The standard InChI is InChI=1S/C16H14F3NO/c1-10-2-3-12(8-14(10)18)16(21)20-7-6-11-4-5-13(17)9-15(11)19/h2-5,8-9H,6-7H2,1H3,(H,20,21). The van der Waals surface area contributed by atoms with Crippen molar-refractivity contribution < 1.29 is 18.0 Å². The molecule has 0 bridgehead atoms. The van der Waals surface area contributed by atoms with Gasteiger partial charge in [0.25, 0.3) is 5.91 Å². The van der Waals surface area contributed by atoms with Gasteiger partial charge in [0.2, 0.25) is 0 Å². The van der Waals surface area contributed by atoms with Crippen molar-refractivity contribution in [3.63, 3.8) is 0 Å². The van der Waals surface area contributed by atoms with Gasteiger partial charge in [-0.3, -0.25) is 4.79 Å². The van der Waals surface area contributed by atoms with Gasteiger partial charge in [-0.25, -0.2) is 13.2 Å². The molecular weight excluding hydrogens is 279 g/mol. The summed E-state index contributed by atoms with van der Waals surface area (Å²) in [6, 6.07) is 7.49. The number of carbonyl (C=O) groups excluding carboxylic acids is 1. The van der Waals surface area contributed by atoms with E-state index >= 15 is 0 Å². The van der Waals surface area contributed by atoms with Crippen molar-refractivity contribution in [2.75, 3.05) is 6.54 Å². The van der Waals surface area contributed by atoms with E-state index in [1.165, 1.54) is 18.2 Å². The van der Waals surface area contributed by atoms with Gasteiger partial charge in [-0.05, 0) is 42.7 Å². The van der Waals surface area contributed by atoms with Crippen LogP contribution in [-0.4, -0.2) is 12.5 Å². The van der Waals surface area contributed by atoms with Crippen LogP contribution in [0.5, 0.6) is 0 Å². The molecule has 0 radical (unpaired) electrons. The Morgan fingerprint density at radius 2 is 1.81 bits per heavy atom. The minimum absolute atomic E-state index is 0.177. The number of nitrogens with one attached hydrogen (secondary N) is 1. The highest BCUT2D eigenvalue weighted by molar-refractivity contribution is 5.94. The van der Waals surface area contributed by atoms with Gasteiger partial charge in [-0.1, -0.05) is 12.1 Å². The Hall–Kier alpha value is -2.30. The van der Waals surface area contributed by atoms with Crippen molar-refractivity contribution in [1.82, 2.24) is 5.32 Å². The molecule has 5 heteroatoms. The fraction of sp³-hybridized carbons (Fsp3) is 0.188. The normalized spacial score (nSPS) is 10.5. The van der Waals surface area contributed by atoms with Crippen LogP contribution < -0.4 is 5.32 Å². The molecule has 0 saturated carbocycles. The highest BCUT2D eigenvalue weighted by Crippen LogP contribution is 2.11. The lowest BCUT2D eigenvalue weighted by Crippen LogP contribution is -2.26. The molecule has 0 aliphatic carbocycles. The SMILES string of the molecule is Cc1ccc(C(=O)NCCc2ccc(F)cc2F)cc1F. The van der Waals surface area contributed by atoms with Gasteiger partial charge in [0.15, 0.2) is 0 Å². The molecule has 2 aromatic carbocycles. The number of hydrogen-bond acceptors (Lipinski definition) is 1. The minimum Gasteiger partial charge on any atom is -0.352 e. The number of amides is 1. The topological polar surface area (TPSA) is 29.1 Å². The van der Waals surface area contributed by atoms with Crippen molar-refractivity contribution in [2.45, 2.75) is 13.3 Å². The number of hydrogen-bond donors (Lipinski definition) is 1. The first-order chi connectivity index (χ1) is 9.97. The van der Waals surface area contributed by atoms with E-state index in [0.29, 0.717) is 11.1 Å². The maximum atomic E-state index is 13.4. The lowest BCUT2D eigenvalue weighted by Gasteiger charge is -2.07. The van der Waals surface area contributed by atoms with Crippen LogP contribution in [0.3, 0.4) is 0 Å². The van der Waals surface area contributed by atoms with E-state index in [0.717, 1.165) is 18.2 Å². The lowest BCUT2D eigenvalue weighted by molar-refractivity contribution is 0.0953. The number of benzene rings is 2. The van der Waals surface area contributed by atoms with Gasteiger partial charge in [-0.2, -0.15) is 0 Å². The summed E-state index contributed by atoms with van der Waals surface area (Å²) in [6.07, 6.45) is 0.228. The van der Waals surface area contributed by atoms with Crippen molar-refractivity contribution in [3.05, 3.63) is 70.5 Å². The van der Waals surface area contributed by atoms with Gasteiger partial charge in [0.05, 0.1) is 0 Å². The summed E-state index contributed by atoms with van der Waals surface area (Å²) in [5, 5.41) is 2.57. The highest BCUT2D eigenvalue weighted by atomic mass is 19.1. The van der Waals surface area contributed by atoms with Gasteiger partial charge in [0, 0.05) is 18.2 Å². The highest BCUT2D eigenvalue weighted by Gasteiger charge is 2.09. The third kappa shape index (κ3) is 3.84. The van der Waals surface area contributed by atoms with E-state index < -0.39 is 23.4 Å². The van der Waals surface area contributed by atoms with E-state index in [1.54, 1.807) is 6.92 Å². The van der Waals surface area contributed by atoms with Crippen molar-refractivity contribution in [2.24, 2.45) is 0 Å². The van der Waals surface area contributed by atoms with Crippen LogP contribution in [0.4, 0.5) is 13.2 Å². The average molecular weight is 293 g/mol. The molecule has 0 aromatic heterocycles. The molecule has 0 aliphatic heterocycles. The van der Waals surface area contributed by atoms with E-state index in [1.807, 2.05) is 0 Å². The molecule has 1 amide bonds. The molecular formula is C16H14F3NO. The Balaban J connectivity index is 1.93. The summed E-state index contributed by atoms with van der Waals surface area (Å²) in [5.41, 5.74) is 0.976.